The van der Waals surface area contributed by atoms with Gasteiger partial charge in [-0.15, -0.1) is 0 Å². The molecule has 0 fully saturated rings. The second-order valence-electron chi connectivity index (χ2n) is 4.56. The molecule has 0 atom stereocenters. The molecular formula is C15H24N3O2+. The number of unbranched alkanes of at least 4 members (excludes halogenated alkanes) is 5. The van der Waals surface area contributed by atoms with Crippen molar-refractivity contribution in [3.8, 4) is 0 Å². The van der Waals surface area contributed by atoms with Gasteiger partial charge in [0.1, 0.15) is 4.98 Å². The predicted molar refractivity (Wildman–Crippen MR) is 81.1 cm³/mol. The van der Waals surface area contributed by atoms with Gasteiger partial charge in [0, 0.05) is 12.1 Å². The Morgan fingerprint density at radius 2 is 1.70 bits per heavy atom. The molecule has 0 spiro atoms. The third-order valence-corrected chi connectivity index (χ3v) is 2.77. The van der Waals surface area contributed by atoms with E-state index in [9.17, 15) is 4.79 Å². The van der Waals surface area contributed by atoms with Crippen LogP contribution in [0.25, 0.3) is 4.98 Å². The van der Waals surface area contributed by atoms with E-state index in [0.717, 1.165) is 6.42 Å². The third kappa shape index (κ3) is 9.89. The number of diazo groups is 1. The lowest BCUT2D eigenvalue weighted by atomic mass is 10.1. The Balaban J connectivity index is 0.000000361. The number of hydrogen-bond donors (Lipinski definition) is 2. The molecule has 0 unspecified atom stereocenters. The van der Waals surface area contributed by atoms with Gasteiger partial charge < -0.3 is 10.8 Å². The highest BCUT2D eigenvalue weighted by Gasteiger charge is 1.98. The Kier molecular flexibility index (Phi) is 10.7. The quantitative estimate of drug-likeness (QED) is 0.445. The fraction of sp³-hybridized carbons (Fsp3) is 0.533. The van der Waals surface area contributed by atoms with Gasteiger partial charge in [-0.05, 0) is 30.7 Å². The van der Waals surface area contributed by atoms with Crippen molar-refractivity contribution in [3.05, 3.63) is 34.8 Å². The largest absolute Gasteiger partial charge is 0.478 e. The van der Waals surface area contributed by atoms with Crippen molar-refractivity contribution in [2.75, 3.05) is 12.3 Å². The number of nitrogen functional groups attached to an aromatic ring is 1. The number of benzene rings is 1. The highest BCUT2D eigenvalue weighted by Crippen LogP contribution is 2.05. The van der Waals surface area contributed by atoms with Gasteiger partial charge in [0.25, 0.3) is 0 Å². The Morgan fingerprint density at radius 1 is 1.15 bits per heavy atom. The first-order valence-electron chi connectivity index (χ1n) is 7.01. The lowest BCUT2D eigenvalue weighted by Gasteiger charge is -1.93. The molecule has 0 heterocycles. The monoisotopic (exact) mass is 278 g/mol. The molecule has 1 rings (SSSR count). The van der Waals surface area contributed by atoms with E-state index < -0.39 is 5.97 Å². The first-order valence-corrected chi connectivity index (χ1v) is 7.01. The fourth-order valence-electron chi connectivity index (χ4n) is 1.59. The summed E-state index contributed by atoms with van der Waals surface area (Å²) in [6.45, 7) is 2.83. The normalized spacial score (nSPS) is 9.20. The van der Waals surface area contributed by atoms with Crippen LogP contribution in [0.2, 0.25) is 0 Å². The molecule has 20 heavy (non-hydrogen) atoms. The van der Waals surface area contributed by atoms with E-state index in [1.165, 1.54) is 44.2 Å². The minimum atomic E-state index is -0.931. The second kappa shape index (κ2) is 12.0. The van der Waals surface area contributed by atoms with Gasteiger partial charge >= 0.3 is 12.5 Å². The zero-order valence-electron chi connectivity index (χ0n) is 12.1. The number of nitrogens with two attached hydrogens (primary N) is 1. The molecule has 5 nitrogen and oxygen atoms in total. The highest BCUT2D eigenvalue weighted by molar-refractivity contribution is 5.87. The molecule has 3 N–H and O–H groups in total. The minimum Gasteiger partial charge on any atom is -0.478 e. The maximum absolute atomic E-state index is 10.3. The molecule has 0 bridgehead atoms. The van der Waals surface area contributed by atoms with Crippen LogP contribution in [0, 0.1) is 5.39 Å². The fourth-order valence-corrected chi connectivity index (χ4v) is 1.59. The van der Waals surface area contributed by atoms with Crippen LogP contribution in [-0.4, -0.2) is 17.6 Å². The average molecular weight is 278 g/mol. The zero-order chi connectivity index (χ0) is 15.2. The zero-order valence-corrected chi connectivity index (χ0v) is 12.1. The Labute approximate surface area is 120 Å². The summed E-state index contributed by atoms with van der Waals surface area (Å²) in [5.74, 6) is -0.931. The summed E-state index contributed by atoms with van der Waals surface area (Å²) in [5.41, 5.74) is 6.17. The number of rotatable bonds is 7. The summed E-state index contributed by atoms with van der Waals surface area (Å²) < 4.78 is 0. The lowest BCUT2D eigenvalue weighted by Crippen LogP contribution is -1.95. The molecule has 5 heteroatoms. The lowest BCUT2D eigenvalue weighted by molar-refractivity contribution is 0.0697. The number of aromatic carboxylic acids is 1. The summed E-state index contributed by atoms with van der Waals surface area (Å²) in [6.07, 6.45) is 7.52. The molecule has 0 aliphatic carbocycles. The smallest absolute Gasteiger partial charge is 0.335 e. The van der Waals surface area contributed by atoms with Crippen LogP contribution in [0.3, 0.4) is 0 Å². The van der Waals surface area contributed by atoms with E-state index in [4.69, 9.17) is 16.2 Å². The van der Waals surface area contributed by atoms with Gasteiger partial charge in [-0.25, -0.2) is 4.79 Å². The molecular weight excluding hydrogens is 254 g/mol. The van der Waals surface area contributed by atoms with Crippen LogP contribution in [0.5, 0.6) is 0 Å². The van der Waals surface area contributed by atoms with Gasteiger partial charge in [0.2, 0.25) is 5.39 Å². The van der Waals surface area contributed by atoms with Crippen molar-refractivity contribution in [2.45, 2.75) is 45.4 Å². The van der Waals surface area contributed by atoms with E-state index in [-0.39, 0.29) is 5.56 Å². The number of carbonyl (C=O) groups is 1. The van der Waals surface area contributed by atoms with Crippen LogP contribution in [0.15, 0.2) is 24.3 Å². The molecule has 1 aromatic rings. The van der Waals surface area contributed by atoms with E-state index in [0.29, 0.717) is 12.2 Å². The average Bonchev–Trinajstić information content (AvgIpc) is 2.44. The van der Waals surface area contributed by atoms with Crippen LogP contribution in [0.4, 0.5) is 5.69 Å². The number of carboxylic acid groups (broad SMARTS) is 1. The Hall–Kier alpha value is -2.09. The summed E-state index contributed by atoms with van der Waals surface area (Å²) >= 11 is 0. The van der Waals surface area contributed by atoms with Gasteiger partial charge in [-0.2, -0.15) is 0 Å². The topological polar surface area (TPSA) is 91.5 Å². The first-order chi connectivity index (χ1) is 9.61. The SMILES string of the molecule is CCCCCCCC[N+]#N.Nc1ccc(C(=O)O)cc1. The van der Waals surface area contributed by atoms with Crippen molar-refractivity contribution < 1.29 is 9.90 Å². The Bertz CT molecular complexity index is 410. The third-order valence-electron chi connectivity index (χ3n) is 2.77. The van der Waals surface area contributed by atoms with Crippen molar-refractivity contribution in [1.29, 1.82) is 5.39 Å². The molecule has 0 aromatic heterocycles. The number of hydrogen-bond acceptors (Lipinski definition) is 3. The maximum atomic E-state index is 10.3. The van der Waals surface area contributed by atoms with Crippen molar-refractivity contribution in [1.82, 2.24) is 0 Å². The summed E-state index contributed by atoms with van der Waals surface area (Å²) in [6, 6.07) is 6.06. The number of anilines is 1. The van der Waals surface area contributed by atoms with Crippen molar-refractivity contribution in [3.63, 3.8) is 0 Å². The van der Waals surface area contributed by atoms with Crippen LogP contribution < -0.4 is 5.73 Å². The molecule has 0 aliphatic rings. The molecule has 0 amide bonds. The van der Waals surface area contributed by atoms with Gasteiger partial charge in [-0.1, -0.05) is 32.6 Å². The van der Waals surface area contributed by atoms with E-state index >= 15 is 0 Å². The summed E-state index contributed by atoms with van der Waals surface area (Å²) in [7, 11) is 0. The van der Waals surface area contributed by atoms with Crippen molar-refractivity contribution >= 4 is 11.7 Å². The summed E-state index contributed by atoms with van der Waals surface area (Å²) in [5, 5.41) is 16.5. The second-order valence-corrected chi connectivity index (χ2v) is 4.56. The molecule has 1 aromatic carbocycles. The predicted octanol–water partition coefficient (Wildman–Crippen LogP) is 4.17. The molecule has 0 radical (unpaired) electrons. The summed E-state index contributed by atoms with van der Waals surface area (Å²) in [4.78, 5) is 13.3. The first kappa shape index (κ1) is 17.9. The van der Waals surface area contributed by atoms with E-state index in [1.807, 2.05) is 0 Å². The molecule has 0 aliphatic heterocycles. The van der Waals surface area contributed by atoms with Crippen LogP contribution >= 0.6 is 0 Å². The van der Waals surface area contributed by atoms with E-state index in [2.05, 4.69) is 11.9 Å². The maximum Gasteiger partial charge on any atom is 0.335 e. The minimum absolute atomic E-state index is 0.259. The Morgan fingerprint density at radius 3 is 2.20 bits per heavy atom. The standard InChI is InChI=1S/C8H17N2.C7H7NO2/c1-2-3-4-5-6-7-8-10-9;8-6-3-1-5(2-4-6)7(9)10/h2-8H2,1H3;1-4H,8H2,(H,9,10)/q+1;. The van der Waals surface area contributed by atoms with Gasteiger partial charge in [-0.3, -0.25) is 0 Å². The van der Waals surface area contributed by atoms with Crippen LogP contribution in [0.1, 0.15) is 55.8 Å². The van der Waals surface area contributed by atoms with Gasteiger partial charge in [0.05, 0.1) is 5.56 Å². The molecule has 0 saturated heterocycles. The van der Waals surface area contributed by atoms with Gasteiger partial charge in [0.15, 0.2) is 0 Å². The highest BCUT2D eigenvalue weighted by atomic mass is 16.4. The number of carboxylic acids is 1. The van der Waals surface area contributed by atoms with Crippen molar-refractivity contribution in [2.24, 2.45) is 0 Å². The molecule has 110 valence electrons. The van der Waals surface area contributed by atoms with Crippen LogP contribution in [-0.2, 0) is 0 Å². The number of nitrogens with zero attached hydrogens (tertiary/aromatic N) is 2. The van der Waals surface area contributed by atoms with E-state index in [1.54, 1.807) is 12.1 Å². The molecule has 0 saturated carbocycles.